The Kier molecular flexibility index (Phi) is 4.46. The van der Waals surface area contributed by atoms with Gasteiger partial charge in [0, 0.05) is 23.8 Å². The minimum Gasteiger partial charge on any atom is -0.371 e. The topological polar surface area (TPSA) is 130 Å². The highest BCUT2D eigenvalue weighted by Gasteiger charge is 2.26. The summed E-state index contributed by atoms with van der Waals surface area (Å²) in [5.74, 6) is -1.77. The summed E-state index contributed by atoms with van der Waals surface area (Å²) in [4.78, 5) is 19.4. The van der Waals surface area contributed by atoms with Crippen molar-refractivity contribution in [1.29, 1.82) is 0 Å². The van der Waals surface area contributed by atoms with Crippen LogP contribution in [0.25, 0.3) is 0 Å². The maximum Gasteiger partial charge on any atom is 0.339 e. The summed E-state index contributed by atoms with van der Waals surface area (Å²) in [7, 11) is -4.63. The van der Waals surface area contributed by atoms with Crippen molar-refractivity contribution < 1.29 is 26.8 Å². The molecule has 2 rings (SSSR count). The normalized spacial score (nSPS) is 11.1. The Hall–Kier alpha value is -3.08. The van der Waals surface area contributed by atoms with Crippen molar-refractivity contribution in [3.05, 3.63) is 68.0 Å². The summed E-state index contributed by atoms with van der Waals surface area (Å²) in [5, 5.41) is 21.7. The van der Waals surface area contributed by atoms with E-state index in [9.17, 15) is 33.0 Å². The number of nitro benzene ring substituents is 2. The molecule has 0 aliphatic heterocycles. The van der Waals surface area contributed by atoms with Crippen LogP contribution in [0.2, 0.25) is 0 Å². The third-order valence-electron chi connectivity index (χ3n) is 2.98. The Morgan fingerprint density at radius 2 is 1.62 bits per heavy atom. The molecule has 126 valence electrons. The number of hydrogen-bond donors (Lipinski definition) is 0. The molecule has 0 spiro atoms. The zero-order chi connectivity index (χ0) is 18.1. The molecule has 0 heterocycles. The molecule has 9 nitrogen and oxygen atoms in total. The number of aryl methyl sites for hydroxylation is 1. The lowest BCUT2D eigenvalue weighted by Crippen LogP contribution is -2.11. The lowest BCUT2D eigenvalue weighted by atomic mass is 10.2. The van der Waals surface area contributed by atoms with Crippen LogP contribution in [0.5, 0.6) is 5.75 Å². The summed E-state index contributed by atoms with van der Waals surface area (Å²) in [6.45, 7) is 1.41. The van der Waals surface area contributed by atoms with E-state index >= 15 is 0 Å². The molecule has 11 heteroatoms. The highest BCUT2D eigenvalue weighted by Crippen LogP contribution is 2.31. The second-order valence-corrected chi connectivity index (χ2v) is 6.16. The van der Waals surface area contributed by atoms with E-state index in [1.165, 1.54) is 13.0 Å². The van der Waals surface area contributed by atoms with Crippen LogP contribution in [0.4, 0.5) is 15.8 Å². The largest absolute Gasteiger partial charge is 0.371 e. The zero-order valence-corrected chi connectivity index (χ0v) is 12.8. The quantitative estimate of drug-likeness (QED) is 0.457. The van der Waals surface area contributed by atoms with Gasteiger partial charge in [-0.05, 0) is 19.1 Å². The first-order chi connectivity index (χ1) is 11.1. The van der Waals surface area contributed by atoms with Crippen LogP contribution in [0.3, 0.4) is 0 Å². The van der Waals surface area contributed by atoms with E-state index in [-0.39, 0.29) is 5.56 Å². The van der Waals surface area contributed by atoms with Crippen LogP contribution in [0, 0.1) is 33.0 Å². The summed E-state index contributed by atoms with van der Waals surface area (Å²) < 4.78 is 42.2. The predicted octanol–water partition coefficient (Wildman–Crippen LogP) is 2.72. The Labute approximate surface area is 134 Å². The zero-order valence-electron chi connectivity index (χ0n) is 12.0. The molecule has 0 radical (unpaired) electrons. The average Bonchev–Trinajstić information content (AvgIpc) is 2.46. The highest BCUT2D eigenvalue weighted by molar-refractivity contribution is 7.87. The van der Waals surface area contributed by atoms with Crippen molar-refractivity contribution in [3.8, 4) is 5.75 Å². The van der Waals surface area contributed by atoms with Gasteiger partial charge in [-0.3, -0.25) is 20.2 Å². The maximum atomic E-state index is 13.2. The minimum absolute atomic E-state index is 0.218. The van der Waals surface area contributed by atoms with Crippen molar-refractivity contribution >= 4 is 21.5 Å². The molecule has 0 aromatic heterocycles. The molecule has 0 saturated carbocycles. The Morgan fingerprint density at radius 1 is 1.00 bits per heavy atom. The number of rotatable bonds is 5. The number of halogens is 1. The molecular weight excluding hydrogens is 347 g/mol. The Bertz CT molecular complexity index is 943. The van der Waals surface area contributed by atoms with Gasteiger partial charge in [0.1, 0.15) is 10.7 Å². The summed E-state index contributed by atoms with van der Waals surface area (Å²) in [5.41, 5.74) is -1.01. The standard InChI is InChI=1S/C13H9FN2O7S/c1-8-2-4-10(7-12(8)16(19)20)24(21,22)23-13-6-9(14)3-5-11(13)15(17)18/h2-7H,1H3. The molecule has 0 aliphatic rings. The molecular formula is C13H9FN2O7S. The van der Waals surface area contributed by atoms with Gasteiger partial charge in [0.05, 0.1) is 9.85 Å². The van der Waals surface area contributed by atoms with Crippen LogP contribution in [0.15, 0.2) is 41.3 Å². The number of hydrogen-bond acceptors (Lipinski definition) is 7. The van der Waals surface area contributed by atoms with Crippen molar-refractivity contribution in [2.24, 2.45) is 0 Å². The molecule has 2 aromatic carbocycles. The van der Waals surface area contributed by atoms with Gasteiger partial charge in [0.15, 0.2) is 0 Å². The third-order valence-corrected chi connectivity index (χ3v) is 4.21. The minimum atomic E-state index is -4.63. The fourth-order valence-electron chi connectivity index (χ4n) is 1.81. The molecule has 24 heavy (non-hydrogen) atoms. The fraction of sp³-hybridized carbons (Fsp3) is 0.0769. The molecule has 0 fully saturated rings. The Morgan fingerprint density at radius 3 is 2.21 bits per heavy atom. The second kappa shape index (κ2) is 6.20. The monoisotopic (exact) mass is 356 g/mol. The van der Waals surface area contributed by atoms with Crippen LogP contribution in [-0.2, 0) is 10.1 Å². The third kappa shape index (κ3) is 3.46. The number of nitro groups is 2. The maximum absolute atomic E-state index is 13.2. The van der Waals surface area contributed by atoms with Gasteiger partial charge in [0.25, 0.3) is 5.69 Å². The van der Waals surface area contributed by atoms with Gasteiger partial charge in [-0.1, -0.05) is 6.07 Å². The molecule has 0 aliphatic carbocycles. The summed E-state index contributed by atoms with van der Waals surface area (Å²) in [6, 6.07) is 5.05. The van der Waals surface area contributed by atoms with E-state index in [4.69, 9.17) is 0 Å². The van der Waals surface area contributed by atoms with Gasteiger partial charge in [-0.25, -0.2) is 4.39 Å². The van der Waals surface area contributed by atoms with Crippen LogP contribution in [0.1, 0.15) is 5.56 Å². The molecule has 2 aromatic rings. The van der Waals surface area contributed by atoms with Crippen molar-refractivity contribution in [2.75, 3.05) is 0 Å². The summed E-state index contributed by atoms with van der Waals surface area (Å²) >= 11 is 0. The van der Waals surface area contributed by atoms with E-state index in [1.54, 1.807) is 0 Å². The average molecular weight is 356 g/mol. The van der Waals surface area contributed by atoms with Crippen LogP contribution < -0.4 is 4.18 Å². The first kappa shape index (κ1) is 17.3. The van der Waals surface area contributed by atoms with Crippen molar-refractivity contribution in [2.45, 2.75) is 11.8 Å². The van der Waals surface area contributed by atoms with E-state index < -0.39 is 47.8 Å². The SMILES string of the molecule is Cc1ccc(S(=O)(=O)Oc2cc(F)ccc2[N+](=O)[O-])cc1[N+](=O)[O-]. The van der Waals surface area contributed by atoms with E-state index in [0.717, 1.165) is 24.3 Å². The Balaban J connectivity index is 2.50. The van der Waals surface area contributed by atoms with E-state index in [1.807, 2.05) is 0 Å². The molecule has 0 N–H and O–H groups in total. The predicted molar refractivity (Wildman–Crippen MR) is 78.7 cm³/mol. The van der Waals surface area contributed by atoms with Crippen molar-refractivity contribution in [1.82, 2.24) is 0 Å². The highest BCUT2D eigenvalue weighted by atomic mass is 32.2. The second-order valence-electron chi connectivity index (χ2n) is 4.61. The first-order valence-corrected chi connectivity index (χ1v) is 7.66. The van der Waals surface area contributed by atoms with Gasteiger partial charge in [0.2, 0.25) is 5.75 Å². The molecule has 0 atom stereocenters. The lowest BCUT2D eigenvalue weighted by molar-refractivity contribution is -0.385. The molecule has 0 amide bonds. The van der Waals surface area contributed by atoms with Crippen molar-refractivity contribution in [3.63, 3.8) is 0 Å². The van der Waals surface area contributed by atoms with Gasteiger partial charge >= 0.3 is 15.8 Å². The van der Waals surface area contributed by atoms with Crippen LogP contribution in [-0.4, -0.2) is 18.3 Å². The van der Waals surface area contributed by atoms with E-state index in [0.29, 0.717) is 6.07 Å². The van der Waals surface area contributed by atoms with Gasteiger partial charge < -0.3 is 4.18 Å². The van der Waals surface area contributed by atoms with Gasteiger partial charge in [-0.2, -0.15) is 8.42 Å². The molecule has 0 bridgehead atoms. The first-order valence-electron chi connectivity index (χ1n) is 6.25. The van der Waals surface area contributed by atoms with Crippen LogP contribution >= 0.6 is 0 Å². The smallest absolute Gasteiger partial charge is 0.339 e. The van der Waals surface area contributed by atoms with E-state index in [2.05, 4.69) is 4.18 Å². The number of nitrogens with zero attached hydrogens (tertiary/aromatic N) is 2. The fourth-order valence-corrected chi connectivity index (χ4v) is 2.77. The molecule has 0 saturated heterocycles. The summed E-state index contributed by atoms with van der Waals surface area (Å²) in [6.07, 6.45) is 0. The molecule has 0 unspecified atom stereocenters. The van der Waals surface area contributed by atoms with Gasteiger partial charge in [-0.15, -0.1) is 0 Å². The lowest BCUT2D eigenvalue weighted by Gasteiger charge is -2.08. The number of benzene rings is 2.